The molecule has 0 radical (unpaired) electrons. The van der Waals surface area contributed by atoms with Crippen LogP contribution in [-0.2, 0) is 23.9 Å². The van der Waals surface area contributed by atoms with Gasteiger partial charge in [0.15, 0.2) is 6.10 Å². The fourth-order valence-corrected chi connectivity index (χ4v) is 0.898. The van der Waals surface area contributed by atoms with Crippen LogP contribution in [0.5, 0.6) is 0 Å². The molecule has 0 aliphatic rings. The van der Waals surface area contributed by atoms with E-state index >= 15 is 0 Å². The highest BCUT2D eigenvalue weighted by Crippen LogP contribution is 2.10. The van der Waals surface area contributed by atoms with Crippen LogP contribution in [0.15, 0.2) is 0 Å². The van der Waals surface area contributed by atoms with Gasteiger partial charge in [-0.2, -0.15) is 0 Å². The maximum atomic E-state index is 11.4. The molecule has 17 heavy (non-hydrogen) atoms. The summed E-state index contributed by atoms with van der Waals surface area (Å²) in [4.78, 5) is 32.8. The van der Waals surface area contributed by atoms with Gasteiger partial charge < -0.3 is 14.6 Å². The number of carboxylic acids is 1. The molecule has 98 valence electrons. The number of aliphatic carboxylic acids is 1. The van der Waals surface area contributed by atoms with Gasteiger partial charge in [0, 0.05) is 0 Å². The molecule has 0 aromatic carbocycles. The monoisotopic (exact) mass is 246 g/mol. The van der Waals surface area contributed by atoms with Crippen molar-refractivity contribution in [3.05, 3.63) is 0 Å². The van der Waals surface area contributed by atoms with E-state index in [-0.39, 0.29) is 12.8 Å². The van der Waals surface area contributed by atoms with E-state index in [1.54, 1.807) is 20.8 Å². The number of ether oxygens (including phenoxy) is 2. The summed E-state index contributed by atoms with van der Waals surface area (Å²) in [6.07, 6.45) is -1.61. The minimum absolute atomic E-state index is 0.261. The summed E-state index contributed by atoms with van der Waals surface area (Å²) in [6.45, 7) is 6.48. The molecule has 0 saturated carbocycles. The summed E-state index contributed by atoms with van der Waals surface area (Å²) < 4.78 is 9.73. The second kappa shape index (κ2) is 6.22. The SMILES string of the molecule is C[C@H](OC(=O)CCC(=O)O)C(=O)OC(C)(C)C. The fourth-order valence-electron chi connectivity index (χ4n) is 0.898. The second-order valence-corrected chi connectivity index (χ2v) is 4.56. The van der Waals surface area contributed by atoms with Crippen LogP contribution in [0.25, 0.3) is 0 Å². The molecule has 1 N–H and O–H groups in total. The Morgan fingerprint density at radius 3 is 2.12 bits per heavy atom. The highest BCUT2D eigenvalue weighted by Gasteiger charge is 2.24. The van der Waals surface area contributed by atoms with Gasteiger partial charge in [0.05, 0.1) is 12.8 Å². The Bertz CT molecular complexity index is 302. The lowest BCUT2D eigenvalue weighted by atomic mass is 10.2. The molecule has 0 saturated heterocycles. The predicted octanol–water partition coefficient (Wildman–Crippen LogP) is 1.12. The molecule has 0 aromatic heterocycles. The first-order chi connectivity index (χ1) is 7.61. The van der Waals surface area contributed by atoms with Crippen LogP contribution >= 0.6 is 0 Å². The van der Waals surface area contributed by atoms with Crippen molar-refractivity contribution in [3.8, 4) is 0 Å². The Hall–Kier alpha value is -1.59. The lowest BCUT2D eigenvalue weighted by molar-refractivity contribution is -0.174. The van der Waals surface area contributed by atoms with Crippen molar-refractivity contribution < 1.29 is 29.0 Å². The van der Waals surface area contributed by atoms with Gasteiger partial charge >= 0.3 is 17.9 Å². The van der Waals surface area contributed by atoms with Crippen LogP contribution in [0.4, 0.5) is 0 Å². The topological polar surface area (TPSA) is 89.9 Å². The molecule has 0 spiro atoms. The highest BCUT2D eigenvalue weighted by atomic mass is 16.6. The third-order valence-electron chi connectivity index (χ3n) is 1.59. The summed E-state index contributed by atoms with van der Waals surface area (Å²) in [7, 11) is 0. The number of esters is 2. The number of carboxylic acid groups (broad SMARTS) is 1. The zero-order valence-electron chi connectivity index (χ0n) is 10.5. The number of hydrogen-bond donors (Lipinski definition) is 1. The quantitative estimate of drug-likeness (QED) is 0.731. The summed E-state index contributed by atoms with van der Waals surface area (Å²) in [5.41, 5.74) is -0.654. The van der Waals surface area contributed by atoms with Crippen molar-refractivity contribution in [2.75, 3.05) is 0 Å². The third-order valence-corrected chi connectivity index (χ3v) is 1.59. The van der Waals surface area contributed by atoms with E-state index in [1.807, 2.05) is 0 Å². The van der Waals surface area contributed by atoms with Gasteiger partial charge in [-0.1, -0.05) is 0 Å². The first-order valence-electron chi connectivity index (χ1n) is 5.26. The molecule has 0 bridgehead atoms. The van der Waals surface area contributed by atoms with Gasteiger partial charge in [-0.25, -0.2) is 4.79 Å². The Balaban J connectivity index is 4.08. The van der Waals surface area contributed by atoms with E-state index in [0.717, 1.165) is 0 Å². The van der Waals surface area contributed by atoms with Crippen molar-refractivity contribution in [2.24, 2.45) is 0 Å². The maximum Gasteiger partial charge on any atom is 0.347 e. The van der Waals surface area contributed by atoms with Gasteiger partial charge in [-0.15, -0.1) is 0 Å². The molecule has 0 aromatic rings. The highest BCUT2D eigenvalue weighted by molar-refractivity contribution is 5.81. The van der Waals surface area contributed by atoms with E-state index in [4.69, 9.17) is 14.6 Å². The smallest absolute Gasteiger partial charge is 0.347 e. The zero-order chi connectivity index (χ0) is 13.6. The molecule has 1 atom stereocenters. The van der Waals surface area contributed by atoms with Gasteiger partial charge in [0.1, 0.15) is 5.60 Å². The van der Waals surface area contributed by atoms with Crippen molar-refractivity contribution in [1.82, 2.24) is 0 Å². The van der Waals surface area contributed by atoms with Crippen LogP contribution in [-0.4, -0.2) is 34.7 Å². The minimum Gasteiger partial charge on any atom is -0.481 e. The van der Waals surface area contributed by atoms with E-state index in [2.05, 4.69) is 0 Å². The molecule has 0 fully saturated rings. The average Bonchev–Trinajstić information content (AvgIpc) is 2.11. The third kappa shape index (κ3) is 8.24. The first kappa shape index (κ1) is 15.4. The summed E-state index contributed by atoms with van der Waals surface area (Å²) >= 11 is 0. The van der Waals surface area contributed by atoms with E-state index in [1.165, 1.54) is 6.92 Å². The number of carbonyl (C=O) groups excluding carboxylic acids is 2. The Labute approximate surface area is 99.9 Å². The van der Waals surface area contributed by atoms with Crippen molar-refractivity contribution in [1.29, 1.82) is 0 Å². The maximum absolute atomic E-state index is 11.4. The van der Waals surface area contributed by atoms with Crippen molar-refractivity contribution >= 4 is 17.9 Å². The van der Waals surface area contributed by atoms with Crippen LogP contribution in [0.2, 0.25) is 0 Å². The van der Waals surface area contributed by atoms with Crippen LogP contribution in [0, 0.1) is 0 Å². The standard InChI is InChI=1S/C11H18O6/c1-7(10(15)17-11(2,3)4)16-9(14)6-5-8(12)13/h7H,5-6H2,1-4H3,(H,12,13)/t7-/m0/s1. The Kier molecular flexibility index (Phi) is 5.64. The molecule has 0 unspecified atom stereocenters. The normalized spacial score (nSPS) is 12.7. The predicted molar refractivity (Wildman–Crippen MR) is 58.3 cm³/mol. The zero-order valence-corrected chi connectivity index (χ0v) is 10.5. The van der Waals surface area contributed by atoms with Crippen LogP contribution in [0.1, 0.15) is 40.5 Å². The number of carbonyl (C=O) groups is 3. The lowest BCUT2D eigenvalue weighted by Gasteiger charge is -2.22. The molecule has 6 heteroatoms. The van der Waals surface area contributed by atoms with Crippen LogP contribution < -0.4 is 0 Å². The van der Waals surface area contributed by atoms with Crippen molar-refractivity contribution in [2.45, 2.75) is 52.2 Å². The minimum atomic E-state index is -1.09. The number of hydrogen-bond acceptors (Lipinski definition) is 5. The summed E-state index contributed by atoms with van der Waals surface area (Å²) in [6, 6.07) is 0. The van der Waals surface area contributed by atoms with Gasteiger partial charge in [-0.3, -0.25) is 9.59 Å². The number of rotatable bonds is 5. The molecule has 6 nitrogen and oxygen atoms in total. The molecule has 0 rings (SSSR count). The summed E-state index contributed by atoms with van der Waals surface area (Å²) in [5.74, 6) is -2.47. The fraction of sp³-hybridized carbons (Fsp3) is 0.727. The molecule has 0 heterocycles. The first-order valence-corrected chi connectivity index (χ1v) is 5.26. The Morgan fingerprint density at radius 2 is 1.71 bits per heavy atom. The second-order valence-electron chi connectivity index (χ2n) is 4.56. The lowest BCUT2D eigenvalue weighted by Crippen LogP contribution is -2.33. The van der Waals surface area contributed by atoms with E-state index in [0.29, 0.717) is 0 Å². The largest absolute Gasteiger partial charge is 0.481 e. The molecule has 0 aliphatic carbocycles. The van der Waals surface area contributed by atoms with Gasteiger partial charge in [-0.05, 0) is 27.7 Å². The molecular weight excluding hydrogens is 228 g/mol. The van der Waals surface area contributed by atoms with Gasteiger partial charge in [0.2, 0.25) is 0 Å². The average molecular weight is 246 g/mol. The van der Waals surface area contributed by atoms with Crippen LogP contribution in [0.3, 0.4) is 0 Å². The summed E-state index contributed by atoms with van der Waals surface area (Å²) in [5, 5.41) is 8.36. The van der Waals surface area contributed by atoms with Crippen molar-refractivity contribution in [3.63, 3.8) is 0 Å². The molecule has 0 aliphatic heterocycles. The van der Waals surface area contributed by atoms with E-state index < -0.39 is 29.6 Å². The van der Waals surface area contributed by atoms with Gasteiger partial charge in [0.25, 0.3) is 0 Å². The Morgan fingerprint density at radius 1 is 1.18 bits per heavy atom. The molecular formula is C11H18O6. The molecule has 0 amide bonds. The van der Waals surface area contributed by atoms with E-state index in [9.17, 15) is 14.4 Å².